The molecule has 2 nitrogen and oxygen atoms in total. The van der Waals surface area contributed by atoms with Crippen molar-refractivity contribution in [2.24, 2.45) is 0 Å². The number of halogens is 3. The van der Waals surface area contributed by atoms with Crippen LogP contribution in [0.3, 0.4) is 0 Å². The van der Waals surface area contributed by atoms with Crippen LogP contribution >= 0.6 is 11.6 Å². The normalized spacial score (nSPS) is 10.4. The van der Waals surface area contributed by atoms with E-state index in [0.717, 1.165) is 18.7 Å². The average molecular weight is 235 g/mol. The molecule has 0 unspecified atom stereocenters. The molecule has 5 heteroatoms. The highest BCUT2D eigenvalue weighted by Gasteiger charge is 2.12. The molecule has 0 radical (unpaired) electrons. The van der Waals surface area contributed by atoms with Gasteiger partial charge in [-0.25, -0.2) is 13.8 Å². The van der Waals surface area contributed by atoms with Gasteiger partial charge in [0, 0.05) is 25.0 Å². The van der Waals surface area contributed by atoms with Gasteiger partial charge in [-0.2, -0.15) is 0 Å². The molecule has 0 fully saturated rings. The van der Waals surface area contributed by atoms with Gasteiger partial charge in [0.1, 0.15) is 5.82 Å². The lowest BCUT2D eigenvalue weighted by atomic mass is 10.3. The van der Waals surface area contributed by atoms with Gasteiger partial charge in [-0.15, -0.1) is 11.6 Å². The summed E-state index contributed by atoms with van der Waals surface area (Å²) >= 11 is 5.60. The van der Waals surface area contributed by atoms with Crippen LogP contribution in [0.4, 0.5) is 14.6 Å². The molecule has 15 heavy (non-hydrogen) atoms. The van der Waals surface area contributed by atoms with Crippen LogP contribution in [0.2, 0.25) is 0 Å². The third-order valence-electron chi connectivity index (χ3n) is 1.94. The Morgan fingerprint density at radius 2 is 2.13 bits per heavy atom. The molecule has 0 bridgehead atoms. The lowest BCUT2D eigenvalue weighted by Crippen LogP contribution is -2.28. The Bertz CT molecular complexity index is 314. The Kier molecular flexibility index (Phi) is 4.75. The lowest BCUT2D eigenvalue weighted by molar-refractivity contribution is 0.567. The molecule has 0 atom stereocenters. The number of anilines is 1. The number of aromatic nitrogens is 1. The minimum atomic E-state index is -0.668. The molecule has 1 rings (SSSR count). The summed E-state index contributed by atoms with van der Waals surface area (Å²) in [5.41, 5.74) is 0. The fourth-order valence-electron chi connectivity index (χ4n) is 1.34. The standard InChI is InChI=1S/C10H13ClF2N2/c1-2-4-15(5-3-11)10-9(13)6-8(12)7-14-10/h6-7H,2-5H2,1H3. The fraction of sp³-hybridized carbons (Fsp3) is 0.500. The van der Waals surface area contributed by atoms with E-state index >= 15 is 0 Å². The van der Waals surface area contributed by atoms with Gasteiger partial charge >= 0.3 is 0 Å². The summed E-state index contributed by atoms with van der Waals surface area (Å²) in [4.78, 5) is 5.44. The third kappa shape index (κ3) is 3.30. The number of hydrogen-bond donors (Lipinski definition) is 0. The van der Waals surface area contributed by atoms with Gasteiger partial charge in [-0.3, -0.25) is 0 Å². The maximum Gasteiger partial charge on any atom is 0.168 e. The van der Waals surface area contributed by atoms with Crippen molar-refractivity contribution < 1.29 is 8.78 Å². The monoisotopic (exact) mass is 234 g/mol. The number of rotatable bonds is 5. The maximum atomic E-state index is 13.4. The van der Waals surface area contributed by atoms with Crippen molar-refractivity contribution in [3.8, 4) is 0 Å². The number of hydrogen-bond acceptors (Lipinski definition) is 2. The first kappa shape index (κ1) is 12.2. The number of alkyl halides is 1. The van der Waals surface area contributed by atoms with Crippen LogP contribution in [0.1, 0.15) is 13.3 Å². The van der Waals surface area contributed by atoms with E-state index in [2.05, 4.69) is 4.98 Å². The number of nitrogens with zero attached hydrogens (tertiary/aromatic N) is 2. The molecule has 1 heterocycles. The zero-order chi connectivity index (χ0) is 11.3. The molecule has 0 saturated heterocycles. The van der Waals surface area contributed by atoms with Gasteiger partial charge in [0.05, 0.1) is 6.20 Å². The van der Waals surface area contributed by atoms with Crippen LogP contribution < -0.4 is 4.90 Å². The molecule has 0 N–H and O–H groups in total. The molecule has 0 saturated carbocycles. The largest absolute Gasteiger partial charge is 0.353 e. The van der Waals surface area contributed by atoms with Crippen LogP contribution in [0.5, 0.6) is 0 Å². The molecule has 0 amide bonds. The summed E-state index contributed by atoms with van der Waals surface area (Å²) in [6, 6.07) is 0.833. The average Bonchev–Trinajstić information content (AvgIpc) is 2.17. The molecular weight excluding hydrogens is 222 g/mol. The van der Waals surface area contributed by atoms with Gasteiger partial charge in [0.15, 0.2) is 11.6 Å². The molecule has 0 aliphatic carbocycles. The van der Waals surface area contributed by atoms with Crippen molar-refractivity contribution >= 4 is 17.4 Å². The minimum absolute atomic E-state index is 0.166. The summed E-state index contributed by atoms with van der Waals surface area (Å²) in [6.45, 7) is 3.13. The van der Waals surface area contributed by atoms with Crippen LogP contribution in [0, 0.1) is 11.6 Å². The molecule has 0 aromatic carbocycles. The summed E-state index contributed by atoms with van der Waals surface area (Å²) < 4.78 is 26.0. The molecular formula is C10H13ClF2N2. The Morgan fingerprint density at radius 1 is 1.40 bits per heavy atom. The second-order valence-corrected chi connectivity index (χ2v) is 3.51. The Hall–Kier alpha value is -0.900. The van der Waals surface area contributed by atoms with E-state index in [0.29, 0.717) is 19.0 Å². The van der Waals surface area contributed by atoms with Crippen molar-refractivity contribution in [2.75, 3.05) is 23.9 Å². The fourth-order valence-corrected chi connectivity index (χ4v) is 1.54. The second kappa shape index (κ2) is 5.85. The van der Waals surface area contributed by atoms with Crippen molar-refractivity contribution in [3.05, 3.63) is 23.9 Å². The van der Waals surface area contributed by atoms with Gasteiger partial charge in [-0.1, -0.05) is 6.92 Å². The van der Waals surface area contributed by atoms with Gasteiger partial charge in [0.2, 0.25) is 0 Å². The van der Waals surface area contributed by atoms with E-state index < -0.39 is 11.6 Å². The van der Waals surface area contributed by atoms with Gasteiger partial charge in [-0.05, 0) is 6.42 Å². The van der Waals surface area contributed by atoms with Crippen molar-refractivity contribution in [2.45, 2.75) is 13.3 Å². The molecule has 1 aromatic heterocycles. The summed E-state index contributed by atoms with van der Waals surface area (Å²) in [7, 11) is 0. The quantitative estimate of drug-likeness (QED) is 0.729. The smallest absolute Gasteiger partial charge is 0.168 e. The summed E-state index contributed by atoms with van der Waals surface area (Å²) in [5, 5.41) is 0. The van der Waals surface area contributed by atoms with E-state index in [1.165, 1.54) is 0 Å². The zero-order valence-corrected chi connectivity index (χ0v) is 9.27. The first-order valence-corrected chi connectivity index (χ1v) is 5.34. The summed E-state index contributed by atoms with van der Waals surface area (Å²) in [6.07, 6.45) is 1.87. The minimum Gasteiger partial charge on any atom is -0.353 e. The van der Waals surface area contributed by atoms with E-state index in [9.17, 15) is 8.78 Å². The highest BCUT2D eigenvalue weighted by Crippen LogP contribution is 2.16. The zero-order valence-electron chi connectivity index (χ0n) is 8.51. The van der Waals surface area contributed by atoms with Crippen LogP contribution in [0.25, 0.3) is 0 Å². The molecule has 84 valence electrons. The van der Waals surface area contributed by atoms with Gasteiger partial charge < -0.3 is 4.90 Å². The van der Waals surface area contributed by atoms with Gasteiger partial charge in [0.25, 0.3) is 0 Å². The van der Waals surface area contributed by atoms with Crippen LogP contribution in [0.15, 0.2) is 12.3 Å². The maximum absolute atomic E-state index is 13.4. The van der Waals surface area contributed by atoms with E-state index in [1.807, 2.05) is 6.92 Å². The van der Waals surface area contributed by atoms with Crippen molar-refractivity contribution in [1.82, 2.24) is 4.98 Å². The first-order valence-electron chi connectivity index (χ1n) is 4.81. The Morgan fingerprint density at radius 3 is 2.67 bits per heavy atom. The molecule has 1 aromatic rings. The summed E-state index contributed by atoms with van der Waals surface area (Å²) in [5.74, 6) is -0.760. The van der Waals surface area contributed by atoms with Crippen LogP contribution in [-0.2, 0) is 0 Å². The number of pyridine rings is 1. The van der Waals surface area contributed by atoms with E-state index in [4.69, 9.17) is 11.6 Å². The molecule has 0 spiro atoms. The predicted molar refractivity (Wildman–Crippen MR) is 57.4 cm³/mol. The topological polar surface area (TPSA) is 16.1 Å². The van der Waals surface area contributed by atoms with Crippen molar-refractivity contribution in [3.63, 3.8) is 0 Å². The highest BCUT2D eigenvalue weighted by molar-refractivity contribution is 6.18. The Labute approximate surface area is 92.9 Å². The lowest BCUT2D eigenvalue weighted by Gasteiger charge is -2.22. The van der Waals surface area contributed by atoms with Crippen molar-refractivity contribution in [1.29, 1.82) is 0 Å². The molecule has 0 aliphatic rings. The van der Waals surface area contributed by atoms with Crippen LogP contribution in [-0.4, -0.2) is 24.0 Å². The second-order valence-electron chi connectivity index (χ2n) is 3.13. The predicted octanol–water partition coefficient (Wildman–Crippen LogP) is 2.82. The molecule has 0 aliphatic heterocycles. The SMILES string of the molecule is CCCN(CCCl)c1ncc(F)cc1F. The third-order valence-corrected chi connectivity index (χ3v) is 2.10. The van der Waals surface area contributed by atoms with E-state index in [-0.39, 0.29) is 5.82 Å². The Balaban J connectivity index is 2.89. The highest BCUT2D eigenvalue weighted by atomic mass is 35.5. The van der Waals surface area contributed by atoms with E-state index in [1.54, 1.807) is 4.90 Å². The first-order chi connectivity index (χ1) is 7.19.